The number of rotatable bonds is 1. The molecule has 0 aromatic carbocycles. The second-order valence-corrected chi connectivity index (χ2v) is 3.13. The summed E-state index contributed by atoms with van der Waals surface area (Å²) in [6.07, 6.45) is 7.85. The molecule has 2 heteroatoms. The molecule has 1 atom stereocenters. The lowest BCUT2D eigenvalue weighted by Crippen LogP contribution is -2.28. The van der Waals surface area contributed by atoms with Gasteiger partial charge in [0.25, 0.3) is 0 Å². The Morgan fingerprint density at radius 3 is 2.70 bits per heavy atom. The van der Waals surface area contributed by atoms with Crippen LogP contribution in [0.5, 0.6) is 0 Å². The van der Waals surface area contributed by atoms with Gasteiger partial charge in [0.05, 0.1) is 0 Å². The Bertz CT molecular complexity index is 136. The van der Waals surface area contributed by atoms with Crippen LogP contribution in [-0.2, 0) is 0 Å². The van der Waals surface area contributed by atoms with E-state index in [0.29, 0.717) is 6.17 Å². The topological polar surface area (TPSA) is 15.6 Å². The zero-order valence-corrected chi connectivity index (χ0v) is 6.29. The van der Waals surface area contributed by atoms with Crippen molar-refractivity contribution < 1.29 is 0 Å². The Labute approximate surface area is 61.9 Å². The fourth-order valence-corrected chi connectivity index (χ4v) is 1.81. The van der Waals surface area contributed by atoms with Crippen LogP contribution < -0.4 is 0 Å². The lowest BCUT2D eigenvalue weighted by Gasteiger charge is -2.19. The van der Waals surface area contributed by atoms with Gasteiger partial charge in [0.2, 0.25) is 0 Å². The number of nitrogens with zero attached hydrogens (tertiary/aromatic N) is 2. The first-order valence-electron chi connectivity index (χ1n) is 4.22. The molecule has 0 aliphatic carbocycles. The molecule has 1 saturated heterocycles. The van der Waals surface area contributed by atoms with Crippen molar-refractivity contribution in [3.63, 3.8) is 0 Å². The minimum absolute atomic E-state index is 0.558. The summed E-state index contributed by atoms with van der Waals surface area (Å²) in [5.74, 6) is 0. The van der Waals surface area contributed by atoms with Crippen LogP contribution in [0.4, 0.5) is 0 Å². The van der Waals surface area contributed by atoms with Crippen molar-refractivity contribution >= 4 is 6.21 Å². The first kappa shape index (κ1) is 6.35. The third kappa shape index (κ3) is 1.08. The molecular weight excluding hydrogens is 124 g/mol. The minimum Gasteiger partial charge on any atom is -0.282 e. The monoisotopic (exact) mass is 138 g/mol. The molecule has 2 heterocycles. The lowest BCUT2D eigenvalue weighted by atomic mass is 10.3. The van der Waals surface area contributed by atoms with Crippen molar-refractivity contribution in [2.45, 2.75) is 31.8 Å². The highest BCUT2D eigenvalue weighted by Gasteiger charge is 2.21. The smallest absolute Gasteiger partial charge is 0.102 e. The highest BCUT2D eigenvalue weighted by Crippen LogP contribution is 2.18. The summed E-state index contributed by atoms with van der Waals surface area (Å²) in [6, 6.07) is 0. The van der Waals surface area contributed by atoms with Crippen molar-refractivity contribution in [1.82, 2.24) is 4.90 Å². The minimum atomic E-state index is 0.558. The number of hydrogen-bond donors (Lipinski definition) is 0. The van der Waals surface area contributed by atoms with E-state index in [1.54, 1.807) is 0 Å². The standard InChI is InChI=1S/C8H14N2/c1-2-7-10(6-1)8-4-3-5-9-8/h5,8H,1-4,6-7H2. The van der Waals surface area contributed by atoms with Crippen LogP contribution in [-0.4, -0.2) is 30.4 Å². The van der Waals surface area contributed by atoms with Gasteiger partial charge in [-0.2, -0.15) is 0 Å². The molecule has 10 heavy (non-hydrogen) atoms. The summed E-state index contributed by atoms with van der Waals surface area (Å²) in [5.41, 5.74) is 0. The van der Waals surface area contributed by atoms with Gasteiger partial charge in [0, 0.05) is 19.3 Å². The van der Waals surface area contributed by atoms with Gasteiger partial charge in [-0.05, 0) is 25.7 Å². The van der Waals surface area contributed by atoms with Gasteiger partial charge >= 0.3 is 0 Å². The van der Waals surface area contributed by atoms with E-state index >= 15 is 0 Å². The summed E-state index contributed by atoms with van der Waals surface area (Å²) in [6.45, 7) is 2.56. The maximum atomic E-state index is 4.42. The average molecular weight is 138 g/mol. The van der Waals surface area contributed by atoms with Crippen LogP contribution in [0.1, 0.15) is 25.7 Å². The predicted octanol–water partition coefficient (Wildman–Crippen LogP) is 1.27. The summed E-state index contributed by atoms with van der Waals surface area (Å²) in [4.78, 5) is 6.92. The molecule has 0 amide bonds. The molecule has 0 radical (unpaired) electrons. The predicted molar refractivity (Wildman–Crippen MR) is 42.3 cm³/mol. The fraction of sp³-hybridized carbons (Fsp3) is 0.875. The average Bonchev–Trinajstić information content (AvgIpc) is 2.59. The molecule has 2 rings (SSSR count). The molecule has 0 aromatic rings. The van der Waals surface area contributed by atoms with Crippen molar-refractivity contribution in [3.8, 4) is 0 Å². The van der Waals surface area contributed by atoms with E-state index in [0.717, 1.165) is 0 Å². The van der Waals surface area contributed by atoms with E-state index in [-0.39, 0.29) is 0 Å². The zero-order chi connectivity index (χ0) is 6.81. The third-order valence-electron chi connectivity index (χ3n) is 2.39. The molecular formula is C8H14N2. The van der Waals surface area contributed by atoms with Crippen LogP contribution >= 0.6 is 0 Å². The molecule has 0 spiro atoms. The summed E-state index contributed by atoms with van der Waals surface area (Å²) >= 11 is 0. The SMILES string of the molecule is C1=NC(N2CCCC2)CC1. The summed E-state index contributed by atoms with van der Waals surface area (Å²) < 4.78 is 0. The van der Waals surface area contributed by atoms with Crippen LogP contribution in [0.3, 0.4) is 0 Å². The van der Waals surface area contributed by atoms with Gasteiger partial charge in [-0.3, -0.25) is 9.89 Å². The molecule has 0 bridgehead atoms. The molecule has 2 nitrogen and oxygen atoms in total. The number of aliphatic imine (C=N–C) groups is 1. The Morgan fingerprint density at radius 1 is 1.30 bits per heavy atom. The Kier molecular flexibility index (Phi) is 1.72. The van der Waals surface area contributed by atoms with E-state index < -0.39 is 0 Å². The highest BCUT2D eigenvalue weighted by atomic mass is 15.3. The van der Waals surface area contributed by atoms with E-state index in [9.17, 15) is 0 Å². The van der Waals surface area contributed by atoms with Gasteiger partial charge in [0.15, 0.2) is 0 Å². The maximum absolute atomic E-state index is 4.42. The Hall–Kier alpha value is -0.370. The fourth-order valence-electron chi connectivity index (χ4n) is 1.81. The molecule has 2 aliphatic rings. The van der Waals surface area contributed by atoms with Crippen LogP contribution in [0.2, 0.25) is 0 Å². The molecule has 1 fully saturated rings. The van der Waals surface area contributed by atoms with E-state index in [2.05, 4.69) is 16.1 Å². The molecule has 0 saturated carbocycles. The van der Waals surface area contributed by atoms with Crippen LogP contribution in [0.15, 0.2) is 4.99 Å². The Balaban J connectivity index is 1.91. The first-order chi connectivity index (χ1) is 4.97. The lowest BCUT2D eigenvalue weighted by molar-refractivity contribution is 0.250. The van der Waals surface area contributed by atoms with Gasteiger partial charge in [-0.25, -0.2) is 0 Å². The van der Waals surface area contributed by atoms with Crippen molar-refractivity contribution in [2.24, 2.45) is 4.99 Å². The van der Waals surface area contributed by atoms with Gasteiger partial charge in [-0.1, -0.05) is 0 Å². The Morgan fingerprint density at radius 2 is 2.10 bits per heavy atom. The molecule has 2 aliphatic heterocycles. The summed E-state index contributed by atoms with van der Waals surface area (Å²) in [7, 11) is 0. The second-order valence-electron chi connectivity index (χ2n) is 3.13. The van der Waals surface area contributed by atoms with Crippen molar-refractivity contribution in [3.05, 3.63) is 0 Å². The van der Waals surface area contributed by atoms with Crippen LogP contribution in [0.25, 0.3) is 0 Å². The van der Waals surface area contributed by atoms with Gasteiger partial charge in [-0.15, -0.1) is 0 Å². The molecule has 0 aromatic heterocycles. The van der Waals surface area contributed by atoms with E-state index in [1.807, 2.05) is 0 Å². The number of likely N-dealkylation sites (tertiary alicyclic amines) is 1. The van der Waals surface area contributed by atoms with Crippen molar-refractivity contribution in [2.75, 3.05) is 13.1 Å². The third-order valence-corrected chi connectivity index (χ3v) is 2.39. The highest BCUT2D eigenvalue weighted by molar-refractivity contribution is 5.59. The second kappa shape index (κ2) is 2.70. The normalized spacial score (nSPS) is 33.8. The quantitative estimate of drug-likeness (QED) is 0.533. The number of hydrogen-bond acceptors (Lipinski definition) is 2. The van der Waals surface area contributed by atoms with E-state index in [1.165, 1.54) is 38.8 Å². The van der Waals surface area contributed by atoms with E-state index in [4.69, 9.17) is 0 Å². The molecule has 56 valence electrons. The first-order valence-corrected chi connectivity index (χ1v) is 4.22. The largest absolute Gasteiger partial charge is 0.282 e. The molecule has 0 N–H and O–H groups in total. The van der Waals surface area contributed by atoms with Gasteiger partial charge < -0.3 is 0 Å². The van der Waals surface area contributed by atoms with Crippen LogP contribution in [0, 0.1) is 0 Å². The summed E-state index contributed by atoms with van der Waals surface area (Å²) in [5, 5.41) is 0. The maximum Gasteiger partial charge on any atom is 0.102 e. The molecule has 1 unspecified atom stereocenters. The van der Waals surface area contributed by atoms with Crippen molar-refractivity contribution in [1.29, 1.82) is 0 Å². The van der Waals surface area contributed by atoms with Gasteiger partial charge in [0.1, 0.15) is 6.17 Å². The zero-order valence-electron chi connectivity index (χ0n) is 6.29.